The minimum Gasteiger partial charge on any atom is -0.497 e. The average Bonchev–Trinajstić information content (AvgIpc) is 3.29. The zero-order valence-corrected chi connectivity index (χ0v) is 15.8. The van der Waals surface area contributed by atoms with E-state index < -0.39 is 0 Å². The second kappa shape index (κ2) is 8.11. The normalized spacial score (nSPS) is 10.5. The van der Waals surface area contributed by atoms with Gasteiger partial charge in [-0.1, -0.05) is 17.8 Å². The van der Waals surface area contributed by atoms with E-state index in [1.165, 1.54) is 34.9 Å². The molecule has 10 heteroatoms. The zero-order valence-electron chi connectivity index (χ0n) is 14.1. The van der Waals surface area contributed by atoms with Gasteiger partial charge in [0.1, 0.15) is 11.5 Å². The van der Waals surface area contributed by atoms with Crippen LogP contribution in [-0.2, 0) is 4.79 Å². The number of ether oxygens (including phenoxy) is 2. The molecule has 0 aliphatic heterocycles. The number of aromatic nitrogens is 3. The molecule has 8 nitrogen and oxygen atoms in total. The quantitative estimate of drug-likeness (QED) is 0.471. The van der Waals surface area contributed by atoms with Gasteiger partial charge < -0.3 is 20.6 Å². The van der Waals surface area contributed by atoms with Crippen LogP contribution in [0.5, 0.6) is 11.5 Å². The van der Waals surface area contributed by atoms with E-state index in [2.05, 4.69) is 15.5 Å². The first-order valence-electron chi connectivity index (χ1n) is 7.51. The molecule has 0 fully saturated rings. The van der Waals surface area contributed by atoms with Crippen LogP contribution in [0, 0.1) is 0 Å². The van der Waals surface area contributed by atoms with Crippen LogP contribution >= 0.6 is 23.1 Å². The van der Waals surface area contributed by atoms with E-state index in [0.717, 1.165) is 4.88 Å². The number of nitrogens with zero attached hydrogens (tertiary/aromatic N) is 3. The van der Waals surface area contributed by atoms with E-state index in [1.54, 1.807) is 25.3 Å². The number of benzene rings is 1. The molecular formula is C16H17N5O3S2. The summed E-state index contributed by atoms with van der Waals surface area (Å²) in [5, 5.41) is 13.3. The molecule has 0 saturated heterocycles. The Kier molecular flexibility index (Phi) is 5.64. The number of thioether (sulfide) groups is 1. The van der Waals surface area contributed by atoms with Gasteiger partial charge in [-0.3, -0.25) is 4.79 Å². The second-order valence-corrected chi connectivity index (χ2v) is 6.95. The number of nitrogen functional groups attached to an aromatic ring is 1. The van der Waals surface area contributed by atoms with Crippen molar-refractivity contribution in [1.29, 1.82) is 0 Å². The van der Waals surface area contributed by atoms with Gasteiger partial charge in [-0.15, -0.1) is 21.5 Å². The molecule has 0 aliphatic rings. The minimum absolute atomic E-state index is 0.125. The van der Waals surface area contributed by atoms with Gasteiger partial charge in [0, 0.05) is 6.07 Å². The summed E-state index contributed by atoms with van der Waals surface area (Å²) in [5.74, 6) is 7.67. The molecule has 26 heavy (non-hydrogen) atoms. The molecule has 1 aromatic carbocycles. The molecule has 2 aromatic heterocycles. The van der Waals surface area contributed by atoms with E-state index in [4.69, 9.17) is 15.3 Å². The highest BCUT2D eigenvalue weighted by Crippen LogP contribution is 2.29. The maximum atomic E-state index is 12.3. The van der Waals surface area contributed by atoms with Crippen LogP contribution in [0.3, 0.4) is 0 Å². The third kappa shape index (κ3) is 3.92. The molecule has 3 aromatic rings. The standard InChI is InChI=1S/C16H17N5O3S2/c1-23-10-5-6-12(24-2)11(8-10)18-14(22)9-26-16-20-19-15(21(16)17)13-4-3-7-25-13/h3-8H,9,17H2,1-2H3,(H,18,22). The molecule has 136 valence electrons. The number of carbonyl (C=O) groups excluding carboxylic acids is 1. The number of hydrogen-bond donors (Lipinski definition) is 2. The van der Waals surface area contributed by atoms with Gasteiger partial charge in [-0.05, 0) is 23.6 Å². The monoisotopic (exact) mass is 391 g/mol. The lowest BCUT2D eigenvalue weighted by Crippen LogP contribution is -2.16. The number of nitrogens with one attached hydrogen (secondary N) is 1. The topological polar surface area (TPSA) is 104 Å². The van der Waals surface area contributed by atoms with Gasteiger partial charge >= 0.3 is 0 Å². The van der Waals surface area contributed by atoms with Gasteiger partial charge in [-0.25, -0.2) is 4.68 Å². The average molecular weight is 391 g/mol. The predicted octanol–water partition coefficient (Wildman–Crippen LogP) is 2.47. The Labute approximate surface area is 158 Å². The molecule has 0 atom stereocenters. The largest absolute Gasteiger partial charge is 0.497 e. The molecular weight excluding hydrogens is 374 g/mol. The van der Waals surface area contributed by atoms with Crippen molar-refractivity contribution in [1.82, 2.24) is 14.9 Å². The van der Waals surface area contributed by atoms with Crippen molar-refractivity contribution in [3.8, 4) is 22.2 Å². The lowest BCUT2D eigenvalue weighted by Gasteiger charge is -2.11. The van der Waals surface area contributed by atoms with Crippen molar-refractivity contribution >= 4 is 34.7 Å². The van der Waals surface area contributed by atoms with E-state index >= 15 is 0 Å². The number of hydrogen-bond acceptors (Lipinski definition) is 8. The lowest BCUT2D eigenvalue weighted by atomic mass is 10.2. The van der Waals surface area contributed by atoms with Crippen LogP contribution in [0.2, 0.25) is 0 Å². The molecule has 0 radical (unpaired) electrons. The second-order valence-electron chi connectivity index (χ2n) is 5.06. The van der Waals surface area contributed by atoms with E-state index in [9.17, 15) is 4.79 Å². The molecule has 3 rings (SSSR count). The highest BCUT2D eigenvalue weighted by molar-refractivity contribution is 7.99. The maximum absolute atomic E-state index is 12.3. The maximum Gasteiger partial charge on any atom is 0.234 e. The number of anilines is 1. The summed E-state index contributed by atoms with van der Waals surface area (Å²) in [4.78, 5) is 13.2. The van der Waals surface area contributed by atoms with E-state index in [1.807, 2.05) is 17.5 Å². The molecule has 0 saturated carbocycles. The number of rotatable bonds is 7. The first kappa shape index (κ1) is 18.1. The molecule has 3 N–H and O–H groups in total. The molecule has 0 unspecified atom stereocenters. The predicted molar refractivity (Wildman–Crippen MR) is 102 cm³/mol. The smallest absolute Gasteiger partial charge is 0.234 e. The van der Waals surface area contributed by atoms with Crippen molar-refractivity contribution in [2.45, 2.75) is 5.16 Å². The molecule has 1 amide bonds. The fourth-order valence-electron chi connectivity index (χ4n) is 2.18. The van der Waals surface area contributed by atoms with Crippen LogP contribution < -0.4 is 20.6 Å². The first-order valence-corrected chi connectivity index (χ1v) is 9.38. The summed E-state index contributed by atoms with van der Waals surface area (Å²) in [6.07, 6.45) is 0. The summed E-state index contributed by atoms with van der Waals surface area (Å²) >= 11 is 2.72. The van der Waals surface area contributed by atoms with Crippen molar-refractivity contribution in [2.24, 2.45) is 0 Å². The third-order valence-electron chi connectivity index (χ3n) is 3.42. The lowest BCUT2D eigenvalue weighted by molar-refractivity contribution is -0.113. The summed E-state index contributed by atoms with van der Waals surface area (Å²) in [6, 6.07) is 9.00. The number of carbonyl (C=O) groups is 1. The van der Waals surface area contributed by atoms with Gasteiger partial charge in [-0.2, -0.15) is 0 Å². The van der Waals surface area contributed by atoms with Gasteiger partial charge in [0.2, 0.25) is 11.1 Å². The Morgan fingerprint density at radius 2 is 2.15 bits per heavy atom. The van der Waals surface area contributed by atoms with Crippen molar-refractivity contribution in [3.05, 3.63) is 35.7 Å². The van der Waals surface area contributed by atoms with Crippen LogP contribution in [0.1, 0.15) is 0 Å². The Bertz CT molecular complexity index is 895. The van der Waals surface area contributed by atoms with Crippen LogP contribution in [0.25, 0.3) is 10.7 Å². The van der Waals surface area contributed by atoms with Crippen molar-refractivity contribution in [3.63, 3.8) is 0 Å². The Hall–Kier alpha value is -2.72. The van der Waals surface area contributed by atoms with E-state index in [-0.39, 0.29) is 11.7 Å². The SMILES string of the molecule is COc1ccc(OC)c(NC(=O)CSc2nnc(-c3cccs3)n2N)c1. The number of methoxy groups -OCH3 is 2. The van der Waals surface area contributed by atoms with Gasteiger partial charge in [0.05, 0.1) is 30.5 Å². The molecule has 0 bridgehead atoms. The van der Waals surface area contributed by atoms with Crippen LogP contribution in [-0.4, -0.2) is 40.8 Å². The Morgan fingerprint density at radius 3 is 2.85 bits per heavy atom. The molecule has 0 aliphatic carbocycles. The minimum atomic E-state index is -0.220. The number of nitrogens with two attached hydrogens (primary N) is 1. The zero-order chi connectivity index (χ0) is 18.5. The van der Waals surface area contributed by atoms with Gasteiger partial charge in [0.25, 0.3) is 0 Å². The summed E-state index contributed by atoms with van der Waals surface area (Å²) in [7, 11) is 3.09. The first-order chi connectivity index (χ1) is 12.6. The Morgan fingerprint density at radius 1 is 1.31 bits per heavy atom. The fourth-order valence-corrected chi connectivity index (χ4v) is 3.54. The van der Waals surface area contributed by atoms with Crippen molar-refractivity contribution in [2.75, 3.05) is 31.1 Å². The van der Waals surface area contributed by atoms with E-state index in [0.29, 0.717) is 28.2 Å². The molecule has 2 heterocycles. The highest BCUT2D eigenvalue weighted by Gasteiger charge is 2.15. The summed E-state index contributed by atoms with van der Waals surface area (Å²) < 4.78 is 11.8. The summed E-state index contributed by atoms with van der Waals surface area (Å²) in [5.41, 5.74) is 0.533. The van der Waals surface area contributed by atoms with Gasteiger partial charge in [0.15, 0.2) is 5.82 Å². The third-order valence-corrected chi connectivity index (χ3v) is 5.23. The number of thiophene rings is 1. The fraction of sp³-hybridized carbons (Fsp3) is 0.188. The Balaban J connectivity index is 1.65. The number of amides is 1. The van der Waals surface area contributed by atoms with Crippen LogP contribution in [0.4, 0.5) is 5.69 Å². The van der Waals surface area contributed by atoms with Crippen LogP contribution in [0.15, 0.2) is 40.9 Å². The highest BCUT2D eigenvalue weighted by atomic mass is 32.2. The summed E-state index contributed by atoms with van der Waals surface area (Å²) in [6.45, 7) is 0. The molecule has 0 spiro atoms. The van der Waals surface area contributed by atoms with Crippen molar-refractivity contribution < 1.29 is 14.3 Å².